The first kappa shape index (κ1) is 26.5. The van der Waals surface area contributed by atoms with Crippen LogP contribution in [0.5, 0.6) is 0 Å². The molecule has 1 aliphatic heterocycles. The number of benzene rings is 2. The number of hydrogen-bond acceptors (Lipinski definition) is 4. The van der Waals surface area contributed by atoms with Gasteiger partial charge < -0.3 is 19.5 Å². The number of aromatic amines is 1. The molecule has 0 bridgehead atoms. The molecule has 37 heavy (non-hydrogen) atoms. The third kappa shape index (κ3) is 6.04. The Kier molecular flexibility index (Phi) is 8.00. The minimum absolute atomic E-state index is 0.0358. The Bertz CT molecular complexity index is 1280. The van der Waals surface area contributed by atoms with Crippen molar-refractivity contribution in [1.82, 2.24) is 14.8 Å². The third-order valence-electron chi connectivity index (χ3n) is 7.21. The first-order valence-corrected chi connectivity index (χ1v) is 13.1. The lowest BCUT2D eigenvalue weighted by Crippen LogP contribution is -2.68. The molecule has 1 N–H and O–H groups in total. The second kappa shape index (κ2) is 11.2. The predicted octanol–water partition coefficient (Wildman–Crippen LogP) is 4.69. The van der Waals surface area contributed by atoms with E-state index in [0.29, 0.717) is 39.1 Å². The van der Waals surface area contributed by atoms with Crippen molar-refractivity contribution in [2.45, 2.75) is 65.5 Å². The van der Waals surface area contributed by atoms with E-state index >= 15 is 0 Å². The Hall–Kier alpha value is -3.61. The lowest BCUT2D eigenvalue weighted by molar-refractivity contribution is -0.164. The largest absolute Gasteiger partial charge is 0.466 e. The quantitative estimate of drug-likeness (QED) is 0.407. The molecule has 196 valence electrons. The Labute approximate surface area is 218 Å². The van der Waals surface area contributed by atoms with E-state index in [1.807, 2.05) is 63.4 Å². The summed E-state index contributed by atoms with van der Waals surface area (Å²) in [6.45, 7) is 9.43. The average molecular weight is 504 g/mol. The molecule has 4 rings (SSSR count). The predicted molar refractivity (Wildman–Crippen MR) is 144 cm³/mol. The number of amides is 2. The fourth-order valence-corrected chi connectivity index (χ4v) is 5.28. The zero-order valence-electron chi connectivity index (χ0n) is 22.3. The van der Waals surface area contributed by atoms with Crippen molar-refractivity contribution in [3.05, 3.63) is 70.9 Å². The van der Waals surface area contributed by atoms with Gasteiger partial charge in [-0.15, -0.1) is 0 Å². The summed E-state index contributed by atoms with van der Waals surface area (Å²) in [5.41, 5.74) is 4.33. The van der Waals surface area contributed by atoms with Gasteiger partial charge in [0.2, 0.25) is 11.8 Å². The fourth-order valence-electron chi connectivity index (χ4n) is 5.28. The second-order valence-corrected chi connectivity index (χ2v) is 10.3. The SMILES string of the molecule is CCOC(=O)CCCN(Cc1ccc2cc[nH]c2c1)C(=O)C1(C)CCN1C(=O)Cc1cc(C)cc(C)c1. The monoisotopic (exact) mass is 503 g/mol. The van der Waals surface area contributed by atoms with E-state index in [1.54, 1.807) is 16.7 Å². The lowest BCUT2D eigenvalue weighted by Gasteiger charge is -2.51. The molecule has 7 nitrogen and oxygen atoms in total. The molecule has 3 aromatic rings. The summed E-state index contributed by atoms with van der Waals surface area (Å²) in [7, 11) is 0. The second-order valence-electron chi connectivity index (χ2n) is 10.3. The summed E-state index contributed by atoms with van der Waals surface area (Å²) in [5, 5.41) is 1.11. The number of rotatable bonds is 10. The highest BCUT2D eigenvalue weighted by molar-refractivity contribution is 5.93. The molecular weight excluding hydrogens is 466 g/mol. The highest BCUT2D eigenvalue weighted by atomic mass is 16.5. The topological polar surface area (TPSA) is 82.7 Å². The van der Waals surface area contributed by atoms with Gasteiger partial charge in [-0.1, -0.05) is 41.5 Å². The molecule has 7 heteroatoms. The first-order valence-electron chi connectivity index (χ1n) is 13.1. The molecule has 1 aliphatic rings. The maximum absolute atomic E-state index is 14.0. The summed E-state index contributed by atoms with van der Waals surface area (Å²) in [5.74, 6) is -0.378. The van der Waals surface area contributed by atoms with Crippen molar-refractivity contribution in [2.75, 3.05) is 19.7 Å². The zero-order valence-corrected chi connectivity index (χ0v) is 22.3. The van der Waals surface area contributed by atoms with E-state index in [9.17, 15) is 14.4 Å². The summed E-state index contributed by atoms with van der Waals surface area (Å²) in [6, 6.07) is 14.3. The number of nitrogens with one attached hydrogen (secondary N) is 1. The van der Waals surface area contributed by atoms with E-state index in [4.69, 9.17) is 4.74 Å². The van der Waals surface area contributed by atoms with E-state index < -0.39 is 5.54 Å². The standard InChI is InChI=1S/C30H37N3O4/c1-5-37-28(35)7-6-13-32(20-23-8-9-25-10-12-31-26(25)18-23)29(36)30(4)11-14-33(30)27(34)19-24-16-21(2)15-22(3)17-24/h8-10,12,15-18,31H,5-7,11,13-14,19-20H2,1-4H3. The summed E-state index contributed by atoms with van der Waals surface area (Å²) < 4.78 is 5.06. The zero-order chi connectivity index (χ0) is 26.6. The smallest absolute Gasteiger partial charge is 0.305 e. The van der Waals surface area contributed by atoms with Crippen LogP contribution in [-0.4, -0.2) is 57.8 Å². The third-order valence-corrected chi connectivity index (χ3v) is 7.21. The molecule has 1 unspecified atom stereocenters. The minimum atomic E-state index is -0.892. The van der Waals surface area contributed by atoms with Crippen LogP contribution in [-0.2, 0) is 32.1 Å². The van der Waals surface area contributed by atoms with Gasteiger partial charge in [-0.2, -0.15) is 0 Å². The number of carbonyl (C=O) groups is 3. The molecule has 2 heterocycles. The molecule has 1 atom stereocenters. The van der Waals surface area contributed by atoms with E-state index in [-0.39, 0.29) is 30.6 Å². The van der Waals surface area contributed by atoms with Crippen LogP contribution in [0.25, 0.3) is 10.9 Å². The Morgan fingerprint density at radius 2 is 1.81 bits per heavy atom. The van der Waals surface area contributed by atoms with Crippen molar-refractivity contribution in [2.24, 2.45) is 0 Å². The van der Waals surface area contributed by atoms with Gasteiger partial charge in [-0.25, -0.2) is 0 Å². The number of esters is 1. The molecule has 0 aliphatic carbocycles. The molecule has 1 fully saturated rings. The van der Waals surface area contributed by atoms with Gasteiger partial charge in [0.25, 0.3) is 0 Å². The average Bonchev–Trinajstić information content (AvgIpc) is 3.29. The van der Waals surface area contributed by atoms with Gasteiger partial charge in [-0.3, -0.25) is 14.4 Å². The summed E-state index contributed by atoms with van der Waals surface area (Å²) in [4.78, 5) is 45.9. The van der Waals surface area contributed by atoms with Gasteiger partial charge in [0.15, 0.2) is 0 Å². The van der Waals surface area contributed by atoms with Gasteiger partial charge in [0.05, 0.1) is 13.0 Å². The maximum Gasteiger partial charge on any atom is 0.305 e. The van der Waals surface area contributed by atoms with Crippen molar-refractivity contribution in [1.29, 1.82) is 0 Å². The van der Waals surface area contributed by atoms with Crippen LogP contribution in [0.15, 0.2) is 48.7 Å². The van der Waals surface area contributed by atoms with Gasteiger partial charge >= 0.3 is 5.97 Å². The van der Waals surface area contributed by atoms with Crippen molar-refractivity contribution >= 4 is 28.7 Å². The molecule has 1 aromatic heterocycles. The molecule has 1 saturated heterocycles. The van der Waals surface area contributed by atoms with Gasteiger partial charge in [-0.05, 0) is 69.2 Å². The van der Waals surface area contributed by atoms with Crippen LogP contribution in [0, 0.1) is 13.8 Å². The fraction of sp³-hybridized carbons (Fsp3) is 0.433. The number of nitrogens with zero attached hydrogens (tertiary/aromatic N) is 2. The van der Waals surface area contributed by atoms with Crippen LogP contribution < -0.4 is 0 Å². The van der Waals surface area contributed by atoms with E-state index in [0.717, 1.165) is 33.2 Å². The Morgan fingerprint density at radius 3 is 2.49 bits per heavy atom. The highest BCUT2D eigenvalue weighted by Crippen LogP contribution is 2.34. The van der Waals surface area contributed by atoms with Crippen LogP contribution in [0.3, 0.4) is 0 Å². The normalized spacial score (nSPS) is 16.9. The van der Waals surface area contributed by atoms with Crippen LogP contribution in [0.4, 0.5) is 0 Å². The highest BCUT2D eigenvalue weighted by Gasteiger charge is 2.50. The number of likely N-dealkylation sites (tertiary alicyclic amines) is 1. The molecule has 0 spiro atoms. The van der Waals surface area contributed by atoms with Crippen LogP contribution >= 0.6 is 0 Å². The van der Waals surface area contributed by atoms with Crippen molar-refractivity contribution in [3.63, 3.8) is 0 Å². The minimum Gasteiger partial charge on any atom is -0.466 e. The first-order chi connectivity index (χ1) is 17.7. The number of aromatic nitrogens is 1. The summed E-state index contributed by atoms with van der Waals surface area (Å²) in [6.07, 6.45) is 3.54. The van der Waals surface area contributed by atoms with E-state index in [2.05, 4.69) is 11.1 Å². The summed E-state index contributed by atoms with van der Waals surface area (Å²) >= 11 is 0. The maximum atomic E-state index is 14.0. The number of H-pyrrole nitrogens is 1. The molecule has 2 aromatic carbocycles. The lowest BCUT2D eigenvalue weighted by atomic mass is 9.84. The van der Waals surface area contributed by atoms with Crippen LogP contribution in [0.2, 0.25) is 0 Å². The van der Waals surface area contributed by atoms with Crippen molar-refractivity contribution < 1.29 is 19.1 Å². The Morgan fingerprint density at radius 1 is 1.05 bits per heavy atom. The van der Waals surface area contributed by atoms with Crippen molar-refractivity contribution in [3.8, 4) is 0 Å². The molecular formula is C30H37N3O4. The molecule has 0 saturated carbocycles. The van der Waals surface area contributed by atoms with Gasteiger partial charge in [0, 0.05) is 37.8 Å². The van der Waals surface area contributed by atoms with Crippen LogP contribution in [0.1, 0.15) is 55.4 Å². The van der Waals surface area contributed by atoms with Gasteiger partial charge in [0.1, 0.15) is 5.54 Å². The Balaban J connectivity index is 1.50. The molecule has 2 amide bonds. The van der Waals surface area contributed by atoms with E-state index in [1.165, 1.54) is 0 Å². The number of ether oxygens (including phenoxy) is 1. The number of carbonyl (C=O) groups excluding carboxylic acids is 3. The molecule has 0 radical (unpaired) electrons. The number of fused-ring (bicyclic) bond motifs is 1. The number of hydrogen-bond donors (Lipinski definition) is 1. The number of aryl methyl sites for hydroxylation is 2.